The Labute approximate surface area is 115 Å². The minimum absolute atomic E-state index is 0.249. The maximum Gasteiger partial charge on any atom is 0.224 e. The van der Waals surface area contributed by atoms with Crippen LogP contribution in [0.5, 0.6) is 0 Å². The van der Waals surface area contributed by atoms with E-state index < -0.39 is 0 Å². The number of aromatic nitrogens is 3. The number of rotatable bonds is 2. The molecule has 4 nitrogen and oxygen atoms in total. The van der Waals surface area contributed by atoms with Crippen molar-refractivity contribution in [3.05, 3.63) is 47.0 Å². The summed E-state index contributed by atoms with van der Waals surface area (Å²) < 4.78 is 0. The molecule has 96 valence electrons. The fraction of sp³-hybridized carbons (Fsp3) is 0.143. The average Bonchev–Trinajstić information content (AvgIpc) is 2.67. The summed E-state index contributed by atoms with van der Waals surface area (Å²) in [6.45, 7) is 3.93. The largest absolute Gasteiger partial charge is 0.359 e. The third kappa shape index (κ3) is 2.53. The van der Waals surface area contributed by atoms with Gasteiger partial charge in [-0.1, -0.05) is 6.07 Å². The van der Waals surface area contributed by atoms with E-state index in [0.29, 0.717) is 5.82 Å². The molecule has 0 bridgehead atoms. The third-order valence-corrected chi connectivity index (χ3v) is 3.03. The van der Waals surface area contributed by atoms with Gasteiger partial charge in [-0.25, -0.2) is 9.97 Å². The van der Waals surface area contributed by atoms with Crippen molar-refractivity contribution in [1.29, 1.82) is 0 Å². The number of benzene rings is 1. The van der Waals surface area contributed by atoms with E-state index in [9.17, 15) is 0 Å². The van der Waals surface area contributed by atoms with Gasteiger partial charge in [-0.15, -0.1) is 0 Å². The highest BCUT2D eigenvalue weighted by Crippen LogP contribution is 2.22. The molecule has 0 saturated heterocycles. The highest BCUT2D eigenvalue weighted by Gasteiger charge is 2.03. The molecule has 19 heavy (non-hydrogen) atoms. The van der Waals surface area contributed by atoms with E-state index in [1.54, 1.807) is 0 Å². The number of fused-ring (bicyclic) bond motifs is 1. The van der Waals surface area contributed by atoms with Gasteiger partial charge in [0.05, 0.1) is 0 Å². The second-order valence-corrected chi connectivity index (χ2v) is 4.88. The molecule has 0 atom stereocenters. The summed E-state index contributed by atoms with van der Waals surface area (Å²) in [6.07, 6.45) is 0. The summed E-state index contributed by atoms with van der Waals surface area (Å²) in [5.41, 5.74) is 4.04. The molecule has 2 heterocycles. The van der Waals surface area contributed by atoms with Gasteiger partial charge >= 0.3 is 0 Å². The van der Waals surface area contributed by atoms with Crippen LogP contribution >= 0.6 is 11.6 Å². The topological polar surface area (TPSA) is 53.6 Å². The SMILES string of the molecule is Cc1cc(Nc2ccc3cc(C)[nH]c3c2)nc(Cl)n1. The van der Waals surface area contributed by atoms with Gasteiger partial charge in [0.1, 0.15) is 5.82 Å². The smallest absolute Gasteiger partial charge is 0.224 e. The van der Waals surface area contributed by atoms with Crippen molar-refractivity contribution in [2.75, 3.05) is 5.32 Å². The van der Waals surface area contributed by atoms with Crippen molar-refractivity contribution in [2.24, 2.45) is 0 Å². The number of nitrogens with zero attached hydrogens (tertiary/aromatic N) is 2. The predicted molar refractivity (Wildman–Crippen MR) is 78.1 cm³/mol. The molecule has 3 aromatic rings. The first kappa shape index (κ1) is 12.0. The van der Waals surface area contributed by atoms with Crippen LogP contribution < -0.4 is 5.32 Å². The molecule has 0 saturated carbocycles. The first-order valence-corrected chi connectivity index (χ1v) is 6.35. The monoisotopic (exact) mass is 272 g/mol. The van der Waals surface area contributed by atoms with Crippen LogP contribution in [-0.4, -0.2) is 15.0 Å². The Morgan fingerprint density at radius 1 is 1.11 bits per heavy atom. The van der Waals surface area contributed by atoms with Gasteiger partial charge in [0.15, 0.2) is 0 Å². The number of H-pyrrole nitrogens is 1. The molecule has 0 amide bonds. The number of hydrogen-bond acceptors (Lipinski definition) is 3. The standard InChI is InChI=1S/C14H13ClN4/c1-8-5-10-3-4-11(7-12(10)16-8)18-13-6-9(2)17-14(15)19-13/h3-7,16H,1-2H3,(H,17,18,19). The highest BCUT2D eigenvalue weighted by atomic mass is 35.5. The lowest BCUT2D eigenvalue weighted by Crippen LogP contribution is -1.96. The van der Waals surface area contributed by atoms with Gasteiger partial charge in [0, 0.05) is 28.7 Å². The van der Waals surface area contributed by atoms with Crippen LogP contribution in [0.4, 0.5) is 11.5 Å². The molecule has 0 unspecified atom stereocenters. The summed E-state index contributed by atoms with van der Waals surface area (Å²) in [4.78, 5) is 11.5. The van der Waals surface area contributed by atoms with Crippen molar-refractivity contribution in [2.45, 2.75) is 13.8 Å². The summed E-state index contributed by atoms with van der Waals surface area (Å²) in [7, 11) is 0. The first-order chi connectivity index (χ1) is 9.10. The van der Waals surface area contributed by atoms with Crippen LogP contribution in [-0.2, 0) is 0 Å². The van der Waals surface area contributed by atoms with Crippen LogP contribution in [0.15, 0.2) is 30.3 Å². The van der Waals surface area contributed by atoms with E-state index in [-0.39, 0.29) is 5.28 Å². The van der Waals surface area contributed by atoms with Gasteiger partial charge in [-0.05, 0) is 49.0 Å². The minimum atomic E-state index is 0.249. The Morgan fingerprint density at radius 2 is 1.95 bits per heavy atom. The molecular formula is C14H13ClN4. The third-order valence-electron chi connectivity index (χ3n) is 2.86. The average molecular weight is 273 g/mol. The Morgan fingerprint density at radius 3 is 2.74 bits per heavy atom. The van der Waals surface area contributed by atoms with E-state index in [0.717, 1.165) is 22.6 Å². The molecule has 0 spiro atoms. The van der Waals surface area contributed by atoms with Gasteiger partial charge < -0.3 is 10.3 Å². The fourth-order valence-electron chi connectivity index (χ4n) is 2.09. The molecule has 0 aliphatic carbocycles. The Hall–Kier alpha value is -2.07. The van der Waals surface area contributed by atoms with Crippen molar-refractivity contribution >= 4 is 34.0 Å². The van der Waals surface area contributed by atoms with E-state index in [1.165, 1.54) is 5.39 Å². The van der Waals surface area contributed by atoms with Crippen LogP contribution in [0.25, 0.3) is 10.9 Å². The number of nitrogens with one attached hydrogen (secondary N) is 2. The lowest BCUT2D eigenvalue weighted by Gasteiger charge is -2.06. The Balaban J connectivity index is 1.95. The minimum Gasteiger partial charge on any atom is -0.359 e. The predicted octanol–water partition coefficient (Wildman–Crippen LogP) is 3.97. The van der Waals surface area contributed by atoms with Crippen molar-refractivity contribution in [3.63, 3.8) is 0 Å². The summed E-state index contributed by atoms with van der Waals surface area (Å²) in [5.74, 6) is 0.695. The lowest BCUT2D eigenvalue weighted by molar-refractivity contribution is 1.10. The molecule has 2 aromatic heterocycles. The molecule has 0 aliphatic heterocycles. The van der Waals surface area contributed by atoms with E-state index in [4.69, 9.17) is 11.6 Å². The quantitative estimate of drug-likeness (QED) is 0.694. The number of anilines is 2. The Kier molecular flexibility index (Phi) is 2.87. The Bertz CT molecular complexity index is 728. The normalized spacial score (nSPS) is 10.9. The zero-order chi connectivity index (χ0) is 13.4. The van der Waals surface area contributed by atoms with Crippen molar-refractivity contribution in [3.8, 4) is 0 Å². The summed E-state index contributed by atoms with van der Waals surface area (Å²) >= 11 is 5.85. The van der Waals surface area contributed by atoms with Crippen LogP contribution in [0.2, 0.25) is 5.28 Å². The molecule has 2 N–H and O–H groups in total. The summed E-state index contributed by atoms with van der Waals surface area (Å²) in [5, 5.41) is 4.68. The number of halogens is 1. The molecule has 0 radical (unpaired) electrons. The maximum atomic E-state index is 5.85. The first-order valence-electron chi connectivity index (χ1n) is 5.98. The molecule has 5 heteroatoms. The molecular weight excluding hydrogens is 260 g/mol. The van der Waals surface area contributed by atoms with Crippen LogP contribution in [0.1, 0.15) is 11.4 Å². The van der Waals surface area contributed by atoms with Gasteiger partial charge in [0.2, 0.25) is 5.28 Å². The van der Waals surface area contributed by atoms with Gasteiger partial charge in [-0.2, -0.15) is 0 Å². The van der Waals surface area contributed by atoms with Crippen molar-refractivity contribution in [1.82, 2.24) is 15.0 Å². The number of aromatic amines is 1. The zero-order valence-electron chi connectivity index (χ0n) is 10.7. The molecule has 3 rings (SSSR count). The second kappa shape index (κ2) is 4.55. The van der Waals surface area contributed by atoms with Crippen LogP contribution in [0.3, 0.4) is 0 Å². The molecule has 0 fully saturated rings. The molecule has 0 aliphatic rings. The second-order valence-electron chi connectivity index (χ2n) is 4.54. The fourth-order valence-corrected chi connectivity index (χ4v) is 2.32. The number of aryl methyl sites for hydroxylation is 2. The van der Waals surface area contributed by atoms with Gasteiger partial charge in [-0.3, -0.25) is 0 Å². The number of hydrogen-bond donors (Lipinski definition) is 2. The maximum absolute atomic E-state index is 5.85. The lowest BCUT2D eigenvalue weighted by atomic mass is 10.2. The van der Waals surface area contributed by atoms with E-state index in [2.05, 4.69) is 32.4 Å². The molecule has 1 aromatic carbocycles. The summed E-state index contributed by atoms with van der Waals surface area (Å²) in [6, 6.07) is 10.1. The van der Waals surface area contributed by atoms with E-state index >= 15 is 0 Å². The highest BCUT2D eigenvalue weighted by molar-refractivity contribution is 6.28. The van der Waals surface area contributed by atoms with Crippen molar-refractivity contribution < 1.29 is 0 Å². The van der Waals surface area contributed by atoms with Gasteiger partial charge in [0.25, 0.3) is 0 Å². The zero-order valence-corrected chi connectivity index (χ0v) is 11.4. The van der Waals surface area contributed by atoms with E-state index in [1.807, 2.05) is 32.0 Å². The van der Waals surface area contributed by atoms with Crippen LogP contribution in [0, 0.1) is 13.8 Å².